The van der Waals surface area contributed by atoms with Gasteiger partial charge in [-0.25, -0.2) is 4.79 Å². The number of β-amino-alcohol motifs (C(OH)–C–C–N with tert-alkyl or cyclic N) is 2. The summed E-state index contributed by atoms with van der Waals surface area (Å²) >= 11 is 0. The van der Waals surface area contributed by atoms with Gasteiger partial charge in [0.05, 0.1) is 12.2 Å². The minimum Gasteiger partial charge on any atom is -0.388 e. The van der Waals surface area contributed by atoms with Crippen molar-refractivity contribution in [1.29, 1.82) is 0 Å². The number of likely N-dealkylation sites (tertiary alicyclic amines) is 1. The largest absolute Gasteiger partial charge is 0.388 e. The van der Waals surface area contributed by atoms with Gasteiger partial charge in [-0.1, -0.05) is 6.92 Å². The molecule has 112 valence electrons. The van der Waals surface area contributed by atoms with Gasteiger partial charge in [-0.2, -0.15) is 0 Å². The van der Waals surface area contributed by atoms with Crippen LogP contribution in [0.25, 0.3) is 0 Å². The summed E-state index contributed by atoms with van der Waals surface area (Å²) in [7, 11) is 0. The van der Waals surface area contributed by atoms with E-state index in [1.54, 1.807) is 13.8 Å². The minimum atomic E-state index is -0.983. The Morgan fingerprint density at radius 2 is 1.90 bits per heavy atom. The monoisotopic (exact) mass is 285 g/mol. The van der Waals surface area contributed by atoms with E-state index in [4.69, 9.17) is 0 Å². The van der Waals surface area contributed by atoms with Gasteiger partial charge in [0.15, 0.2) is 0 Å². The minimum absolute atomic E-state index is 0.00863. The Morgan fingerprint density at radius 3 is 2.35 bits per heavy atom. The van der Waals surface area contributed by atoms with E-state index in [9.17, 15) is 24.6 Å². The number of carbonyl (C=O) groups is 3. The highest BCUT2D eigenvalue weighted by Crippen LogP contribution is 2.21. The zero-order valence-corrected chi connectivity index (χ0v) is 11.5. The second-order valence-electron chi connectivity index (χ2n) is 5.44. The molecule has 2 aliphatic rings. The van der Waals surface area contributed by atoms with E-state index in [-0.39, 0.29) is 19.6 Å². The quantitative estimate of drug-likeness (QED) is 0.534. The number of imide groups is 1. The molecule has 4 amide bonds. The van der Waals surface area contributed by atoms with Crippen LogP contribution >= 0.6 is 0 Å². The van der Waals surface area contributed by atoms with Gasteiger partial charge in [-0.05, 0) is 13.3 Å². The molecule has 0 bridgehead atoms. The van der Waals surface area contributed by atoms with Crippen LogP contribution in [-0.4, -0.2) is 75.2 Å². The zero-order valence-electron chi connectivity index (χ0n) is 11.5. The first-order chi connectivity index (χ1) is 9.28. The highest BCUT2D eigenvalue weighted by atomic mass is 16.3. The summed E-state index contributed by atoms with van der Waals surface area (Å²) < 4.78 is 0. The Morgan fingerprint density at radius 1 is 1.35 bits per heavy atom. The Kier molecular flexibility index (Phi) is 3.70. The SMILES string of the molecule is CCC1(C)NC(=O)N(CC(=O)N2CC(O)C(O)C2)C1=O. The highest BCUT2D eigenvalue weighted by Gasteiger charge is 2.47. The number of aliphatic hydroxyl groups is 2. The van der Waals surface area contributed by atoms with Gasteiger partial charge in [0.2, 0.25) is 5.91 Å². The second-order valence-corrected chi connectivity index (χ2v) is 5.44. The molecule has 0 aromatic heterocycles. The summed E-state index contributed by atoms with van der Waals surface area (Å²) in [5, 5.41) is 21.4. The number of hydrogen-bond donors (Lipinski definition) is 3. The molecule has 0 aromatic carbocycles. The summed E-state index contributed by atoms with van der Waals surface area (Å²) in [5.41, 5.74) is -0.971. The summed E-state index contributed by atoms with van der Waals surface area (Å²) in [5.74, 6) is -0.900. The molecule has 2 rings (SSSR count). The number of amides is 4. The van der Waals surface area contributed by atoms with E-state index in [2.05, 4.69) is 5.32 Å². The molecule has 3 N–H and O–H groups in total. The van der Waals surface area contributed by atoms with E-state index in [0.717, 1.165) is 4.90 Å². The molecule has 2 aliphatic heterocycles. The van der Waals surface area contributed by atoms with Crippen molar-refractivity contribution in [2.24, 2.45) is 0 Å². The molecule has 2 fully saturated rings. The number of aliphatic hydroxyl groups excluding tert-OH is 2. The van der Waals surface area contributed by atoms with E-state index >= 15 is 0 Å². The summed E-state index contributed by atoms with van der Waals surface area (Å²) in [6.45, 7) is 3.03. The summed E-state index contributed by atoms with van der Waals surface area (Å²) in [4.78, 5) is 38.0. The van der Waals surface area contributed by atoms with Crippen LogP contribution in [0.4, 0.5) is 4.79 Å². The fourth-order valence-corrected chi connectivity index (χ4v) is 2.34. The molecule has 0 spiro atoms. The van der Waals surface area contributed by atoms with E-state index in [1.165, 1.54) is 4.90 Å². The molecule has 2 heterocycles. The first-order valence-electron chi connectivity index (χ1n) is 6.56. The van der Waals surface area contributed by atoms with Gasteiger partial charge in [-0.3, -0.25) is 14.5 Å². The third-order valence-electron chi connectivity index (χ3n) is 3.96. The van der Waals surface area contributed by atoms with Crippen LogP contribution in [0.15, 0.2) is 0 Å². The number of nitrogens with zero attached hydrogens (tertiary/aromatic N) is 2. The molecule has 20 heavy (non-hydrogen) atoms. The number of rotatable bonds is 3. The fraction of sp³-hybridized carbons (Fsp3) is 0.750. The Balaban J connectivity index is 2.02. The number of hydrogen-bond acceptors (Lipinski definition) is 5. The predicted octanol–water partition coefficient (Wildman–Crippen LogP) is -1.73. The molecule has 8 nitrogen and oxygen atoms in total. The molecule has 8 heteroatoms. The van der Waals surface area contributed by atoms with Gasteiger partial charge in [0.25, 0.3) is 5.91 Å². The van der Waals surface area contributed by atoms with Crippen LogP contribution in [0.5, 0.6) is 0 Å². The Labute approximate surface area is 116 Å². The third kappa shape index (κ3) is 2.36. The van der Waals surface area contributed by atoms with Crippen molar-refractivity contribution in [2.75, 3.05) is 19.6 Å². The maximum atomic E-state index is 12.1. The summed E-state index contributed by atoms with van der Waals surface area (Å²) in [6.07, 6.45) is -1.53. The van der Waals surface area contributed by atoms with Crippen LogP contribution in [0.3, 0.4) is 0 Å². The zero-order chi connectivity index (χ0) is 15.1. The molecule has 3 atom stereocenters. The van der Waals surface area contributed by atoms with Crippen LogP contribution in [-0.2, 0) is 9.59 Å². The molecular weight excluding hydrogens is 266 g/mol. The first-order valence-corrected chi connectivity index (χ1v) is 6.56. The maximum absolute atomic E-state index is 12.1. The fourth-order valence-electron chi connectivity index (χ4n) is 2.34. The number of urea groups is 1. The summed E-state index contributed by atoms with van der Waals surface area (Å²) in [6, 6.07) is -0.590. The Hall–Kier alpha value is -1.67. The van der Waals surface area contributed by atoms with Gasteiger partial charge >= 0.3 is 6.03 Å². The molecule has 0 radical (unpaired) electrons. The van der Waals surface area contributed by atoms with Crippen LogP contribution < -0.4 is 5.32 Å². The van der Waals surface area contributed by atoms with Crippen molar-refractivity contribution in [3.63, 3.8) is 0 Å². The van der Waals surface area contributed by atoms with Gasteiger partial charge in [0, 0.05) is 13.1 Å². The topological polar surface area (TPSA) is 110 Å². The van der Waals surface area contributed by atoms with Crippen molar-refractivity contribution in [3.8, 4) is 0 Å². The molecule has 3 unspecified atom stereocenters. The standard InChI is InChI=1S/C12H19N3O5/c1-3-12(2)10(19)15(11(20)13-12)6-9(18)14-4-7(16)8(17)5-14/h7-8,16-17H,3-6H2,1-2H3,(H,13,20). The normalized spacial score (nSPS) is 33.8. The van der Waals surface area contributed by atoms with Crippen molar-refractivity contribution in [3.05, 3.63) is 0 Å². The molecule has 0 aliphatic carbocycles. The molecule has 2 saturated heterocycles. The van der Waals surface area contributed by atoms with Crippen molar-refractivity contribution in [2.45, 2.75) is 38.0 Å². The van der Waals surface area contributed by atoms with E-state index in [1.807, 2.05) is 0 Å². The lowest BCUT2D eigenvalue weighted by atomic mass is 9.99. The second kappa shape index (κ2) is 5.02. The van der Waals surface area contributed by atoms with Gasteiger partial charge < -0.3 is 20.4 Å². The molecular formula is C12H19N3O5. The predicted molar refractivity (Wildman–Crippen MR) is 67.5 cm³/mol. The average molecular weight is 285 g/mol. The van der Waals surface area contributed by atoms with Crippen molar-refractivity contribution in [1.82, 2.24) is 15.1 Å². The third-order valence-corrected chi connectivity index (χ3v) is 3.96. The Bertz CT molecular complexity index is 444. The molecule has 0 aromatic rings. The lowest BCUT2D eigenvalue weighted by Crippen LogP contribution is -2.45. The highest BCUT2D eigenvalue weighted by molar-refractivity contribution is 6.08. The van der Waals surface area contributed by atoms with E-state index in [0.29, 0.717) is 6.42 Å². The smallest absolute Gasteiger partial charge is 0.325 e. The maximum Gasteiger partial charge on any atom is 0.325 e. The van der Waals surface area contributed by atoms with Crippen molar-refractivity contribution >= 4 is 17.8 Å². The molecule has 0 saturated carbocycles. The first kappa shape index (κ1) is 14.7. The van der Waals surface area contributed by atoms with Crippen molar-refractivity contribution < 1.29 is 24.6 Å². The van der Waals surface area contributed by atoms with Crippen LogP contribution in [0, 0.1) is 0 Å². The average Bonchev–Trinajstić information content (AvgIpc) is 2.83. The van der Waals surface area contributed by atoms with Gasteiger partial charge in [-0.15, -0.1) is 0 Å². The van der Waals surface area contributed by atoms with Gasteiger partial charge in [0.1, 0.15) is 12.1 Å². The van der Waals surface area contributed by atoms with Crippen LogP contribution in [0.2, 0.25) is 0 Å². The van der Waals surface area contributed by atoms with E-state index < -0.39 is 35.6 Å². The van der Waals surface area contributed by atoms with Crippen LogP contribution in [0.1, 0.15) is 20.3 Å². The lowest BCUT2D eigenvalue weighted by Gasteiger charge is -2.21. The number of carbonyl (C=O) groups excluding carboxylic acids is 3. The lowest BCUT2D eigenvalue weighted by molar-refractivity contribution is -0.138. The number of nitrogens with one attached hydrogen (secondary N) is 1.